The Morgan fingerprint density at radius 1 is 1.26 bits per heavy atom. The van der Waals surface area contributed by atoms with Gasteiger partial charge in [0.25, 0.3) is 0 Å². The highest BCUT2D eigenvalue weighted by molar-refractivity contribution is 5.66. The summed E-state index contributed by atoms with van der Waals surface area (Å²) in [6.07, 6.45) is 1.86. The molecule has 1 aromatic carbocycles. The quantitative estimate of drug-likeness (QED) is 0.883. The number of hydrogen-bond donors (Lipinski definition) is 2. The summed E-state index contributed by atoms with van der Waals surface area (Å²) in [6.45, 7) is 8.35. The first-order chi connectivity index (χ1) is 8.97. The van der Waals surface area contributed by atoms with Crippen molar-refractivity contribution in [3.8, 4) is 11.3 Å². The second kappa shape index (κ2) is 5.57. The Morgan fingerprint density at radius 3 is 2.68 bits per heavy atom. The van der Waals surface area contributed by atoms with Gasteiger partial charge in [-0.1, -0.05) is 17.7 Å². The summed E-state index contributed by atoms with van der Waals surface area (Å²) in [5.74, 6) is 1.03. The van der Waals surface area contributed by atoms with E-state index in [0.29, 0.717) is 0 Å². The van der Waals surface area contributed by atoms with E-state index in [1.807, 2.05) is 6.92 Å². The summed E-state index contributed by atoms with van der Waals surface area (Å²) < 4.78 is 0. The van der Waals surface area contributed by atoms with E-state index in [1.54, 1.807) is 0 Å². The van der Waals surface area contributed by atoms with Crippen LogP contribution in [0.25, 0.3) is 11.3 Å². The van der Waals surface area contributed by atoms with Crippen LogP contribution in [0, 0.1) is 20.8 Å². The monoisotopic (exact) mass is 257 g/mol. The van der Waals surface area contributed by atoms with Crippen LogP contribution in [-0.2, 0) is 6.42 Å². The van der Waals surface area contributed by atoms with E-state index in [1.165, 1.54) is 16.7 Å². The number of nitrogens with one attached hydrogen (secondary N) is 1. The maximum Gasteiger partial charge on any atom is 0.107 e. The third-order valence-corrected chi connectivity index (χ3v) is 3.42. The lowest BCUT2D eigenvalue weighted by Crippen LogP contribution is -2.15. The molecule has 0 bridgehead atoms. The van der Waals surface area contributed by atoms with Gasteiger partial charge >= 0.3 is 0 Å². The largest absolute Gasteiger partial charge is 0.346 e. The summed E-state index contributed by atoms with van der Waals surface area (Å²) in [7, 11) is 0. The van der Waals surface area contributed by atoms with E-state index >= 15 is 0 Å². The number of benzene rings is 1. The topological polar surface area (TPSA) is 54.7 Å². The Kier molecular flexibility index (Phi) is 4.05. The van der Waals surface area contributed by atoms with E-state index in [-0.39, 0.29) is 6.04 Å². The molecule has 0 saturated carbocycles. The zero-order chi connectivity index (χ0) is 14.0. The molecular formula is C16H23N3. The van der Waals surface area contributed by atoms with E-state index in [2.05, 4.69) is 44.0 Å². The van der Waals surface area contributed by atoms with Crippen LogP contribution in [0.4, 0.5) is 0 Å². The Labute approximate surface area is 115 Å². The molecule has 1 aromatic heterocycles. The lowest BCUT2D eigenvalue weighted by Gasteiger charge is -2.05. The molecule has 0 saturated heterocycles. The van der Waals surface area contributed by atoms with Crippen molar-refractivity contribution in [2.24, 2.45) is 5.73 Å². The Bertz CT molecular complexity index is 567. The maximum atomic E-state index is 5.80. The fourth-order valence-electron chi connectivity index (χ4n) is 2.26. The SMILES string of the molecule is Cc1ccc(C)c(-c2nc(CCC(C)N)[nH]c2C)c1. The lowest BCUT2D eigenvalue weighted by atomic mass is 10.0. The lowest BCUT2D eigenvalue weighted by molar-refractivity contribution is 0.651. The number of imidazole rings is 1. The molecule has 3 N–H and O–H groups in total. The van der Waals surface area contributed by atoms with Crippen molar-refractivity contribution >= 4 is 0 Å². The third kappa shape index (κ3) is 3.24. The normalized spacial score (nSPS) is 12.7. The van der Waals surface area contributed by atoms with Gasteiger partial charge in [0.05, 0.1) is 5.69 Å². The molecule has 0 radical (unpaired) electrons. The van der Waals surface area contributed by atoms with Crippen LogP contribution in [-0.4, -0.2) is 16.0 Å². The molecule has 0 aliphatic carbocycles. The van der Waals surface area contributed by atoms with Crippen LogP contribution < -0.4 is 5.73 Å². The smallest absolute Gasteiger partial charge is 0.107 e. The van der Waals surface area contributed by atoms with E-state index in [0.717, 1.165) is 30.1 Å². The van der Waals surface area contributed by atoms with Crippen molar-refractivity contribution in [2.45, 2.75) is 46.6 Å². The minimum Gasteiger partial charge on any atom is -0.346 e. The van der Waals surface area contributed by atoms with Gasteiger partial charge in [-0.2, -0.15) is 0 Å². The fourth-order valence-corrected chi connectivity index (χ4v) is 2.26. The van der Waals surface area contributed by atoms with Gasteiger partial charge in [-0.05, 0) is 45.7 Å². The number of nitrogens with two attached hydrogens (primary N) is 1. The highest BCUT2D eigenvalue weighted by atomic mass is 14.9. The standard InChI is InChI=1S/C16H23N3/c1-10-5-6-11(2)14(9-10)16-13(4)18-15(19-16)8-7-12(3)17/h5-6,9,12H,7-8,17H2,1-4H3,(H,18,19). The predicted molar refractivity (Wildman–Crippen MR) is 80.2 cm³/mol. The van der Waals surface area contributed by atoms with E-state index in [4.69, 9.17) is 10.7 Å². The zero-order valence-corrected chi connectivity index (χ0v) is 12.2. The molecule has 0 spiro atoms. The van der Waals surface area contributed by atoms with Crippen molar-refractivity contribution in [1.29, 1.82) is 0 Å². The van der Waals surface area contributed by atoms with Crippen molar-refractivity contribution in [1.82, 2.24) is 9.97 Å². The van der Waals surface area contributed by atoms with Crippen LogP contribution >= 0.6 is 0 Å². The number of aryl methyl sites for hydroxylation is 4. The Hall–Kier alpha value is -1.61. The average Bonchev–Trinajstić information content (AvgIpc) is 2.71. The number of hydrogen-bond acceptors (Lipinski definition) is 2. The minimum absolute atomic E-state index is 0.217. The van der Waals surface area contributed by atoms with Crippen molar-refractivity contribution in [3.05, 3.63) is 40.8 Å². The van der Waals surface area contributed by atoms with Gasteiger partial charge < -0.3 is 10.7 Å². The number of rotatable bonds is 4. The molecule has 0 amide bonds. The number of aromatic nitrogens is 2. The molecule has 2 aromatic rings. The number of aromatic amines is 1. The van der Waals surface area contributed by atoms with Crippen LogP contribution in [0.15, 0.2) is 18.2 Å². The van der Waals surface area contributed by atoms with Gasteiger partial charge in [0.1, 0.15) is 5.82 Å². The second-order valence-corrected chi connectivity index (χ2v) is 5.49. The molecular weight excluding hydrogens is 234 g/mol. The van der Waals surface area contributed by atoms with Gasteiger partial charge in [-0.25, -0.2) is 4.98 Å². The van der Waals surface area contributed by atoms with Crippen LogP contribution in [0.3, 0.4) is 0 Å². The molecule has 102 valence electrons. The van der Waals surface area contributed by atoms with Crippen LogP contribution in [0.1, 0.15) is 36.0 Å². The molecule has 1 unspecified atom stereocenters. The average molecular weight is 257 g/mol. The van der Waals surface area contributed by atoms with Gasteiger partial charge in [0, 0.05) is 23.7 Å². The van der Waals surface area contributed by atoms with E-state index in [9.17, 15) is 0 Å². The number of nitrogens with zero attached hydrogens (tertiary/aromatic N) is 1. The first-order valence-electron chi connectivity index (χ1n) is 6.86. The summed E-state index contributed by atoms with van der Waals surface area (Å²) in [4.78, 5) is 8.12. The molecule has 3 nitrogen and oxygen atoms in total. The first-order valence-corrected chi connectivity index (χ1v) is 6.86. The van der Waals surface area contributed by atoms with Gasteiger partial charge in [-0.3, -0.25) is 0 Å². The molecule has 3 heteroatoms. The fraction of sp³-hybridized carbons (Fsp3) is 0.438. The first kappa shape index (κ1) is 13.8. The summed E-state index contributed by atoms with van der Waals surface area (Å²) in [5, 5.41) is 0. The maximum absolute atomic E-state index is 5.80. The highest BCUT2D eigenvalue weighted by Gasteiger charge is 2.11. The van der Waals surface area contributed by atoms with Crippen molar-refractivity contribution < 1.29 is 0 Å². The Balaban J connectivity index is 2.32. The molecule has 0 aliphatic rings. The summed E-state index contributed by atoms with van der Waals surface area (Å²) in [5.41, 5.74) is 11.8. The Morgan fingerprint density at radius 2 is 2.00 bits per heavy atom. The van der Waals surface area contributed by atoms with E-state index < -0.39 is 0 Å². The molecule has 2 rings (SSSR count). The highest BCUT2D eigenvalue weighted by Crippen LogP contribution is 2.26. The van der Waals surface area contributed by atoms with Crippen molar-refractivity contribution in [2.75, 3.05) is 0 Å². The molecule has 0 fully saturated rings. The molecule has 1 heterocycles. The summed E-state index contributed by atoms with van der Waals surface area (Å²) in [6, 6.07) is 6.71. The second-order valence-electron chi connectivity index (χ2n) is 5.49. The van der Waals surface area contributed by atoms with Crippen molar-refractivity contribution in [3.63, 3.8) is 0 Å². The van der Waals surface area contributed by atoms with Gasteiger partial charge in [0.15, 0.2) is 0 Å². The van der Waals surface area contributed by atoms with Gasteiger partial charge in [-0.15, -0.1) is 0 Å². The van der Waals surface area contributed by atoms with Crippen LogP contribution in [0.2, 0.25) is 0 Å². The van der Waals surface area contributed by atoms with Crippen LogP contribution in [0.5, 0.6) is 0 Å². The number of H-pyrrole nitrogens is 1. The molecule has 0 aliphatic heterocycles. The third-order valence-electron chi connectivity index (χ3n) is 3.42. The minimum atomic E-state index is 0.217. The summed E-state index contributed by atoms with van der Waals surface area (Å²) >= 11 is 0. The van der Waals surface area contributed by atoms with Gasteiger partial charge in [0.2, 0.25) is 0 Å². The predicted octanol–water partition coefficient (Wildman–Crippen LogP) is 3.28. The zero-order valence-electron chi connectivity index (χ0n) is 12.2. The molecule has 19 heavy (non-hydrogen) atoms. The molecule has 1 atom stereocenters.